The third-order valence-electron chi connectivity index (χ3n) is 13.9. The van der Waals surface area contributed by atoms with E-state index in [1.165, 1.54) is 45.3 Å². The van der Waals surface area contributed by atoms with Crippen molar-refractivity contribution in [2.75, 3.05) is 13.2 Å². The topological polar surface area (TPSA) is 69.0 Å². The van der Waals surface area contributed by atoms with Crippen LogP contribution in [0.1, 0.15) is 95.9 Å². The fourth-order valence-corrected chi connectivity index (χ4v) is 11.3. The van der Waals surface area contributed by atoms with Gasteiger partial charge in [0.2, 0.25) is 0 Å². The monoisotopic (exact) mass is 1000 g/mol. The maximum Gasteiger partial charge on any atom is 0.119 e. The number of fused-ring (bicyclic) bond motifs is 2. The van der Waals surface area contributed by atoms with Crippen LogP contribution < -0.4 is 9.47 Å². The summed E-state index contributed by atoms with van der Waals surface area (Å²) in [6.07, 6.45) is 4.23. The zero-order valence-corrected chi connectivity index (χ0v) is 43.2. The predicted octanol–water partition coefficient (Wildman–Crippen LogP) is 18.1. The number of unbranched alkanes of at least 4 members (excludes halogenated alkanes) is 2. The first-order valence-corrected chi connectivity index (χ1v) is 27.2. The van der Waals surface area contributed by atoms with Crippen molar-refractivity contribution in [3.05, 3.63) is 263 Å². The predicted molar refractivity (Wildman–Crippen MR) is 308 cm³/mol. The molecule has 11 rings (SSSR count). The molecule has 8 heteroatoms. The minimum Gasteiger partial charge on any atom is -0.494 e. The van der Waals surface area contributed by atoms with E-state index in [0.717, 1.165) is 115 Å². The smallest absolute Gasteiger partial charge is 0.119 e. The van der Waals surface area contributed by atoms with Crippen molar-refractivity contribution in [1.82, 2.24) is 8.75 Å². The quantitative estimate of drug-likeness (QED) is 0.0598. The molecule has 0 fully saturated rings. The summed E-state index contributed by atoms with van der Waals surface area (Å²) < 4.78 is 32.3. The summed E-state index contributed by atoms with van der Waals surface area (Å²) >= 11 is 2.46. The van der Waals surface area contributed by atoms with Gasteiger partial charge in [-0.25, -0.2) is 0 Å². The van der Waals surface area contributed by atoms with Gasteiger partial charge in [-0.3, -0.25) is 0 Å². The summed E-state index contributed by atoms with van der Waals surface area (Å²) in [6.45, 7) is 5.78. The first-order chi connectivity index (χ1) is 36.7. The third-order valence-corrected chi connectivity index (χ3v) is 14.9. The van der Waals surface area contributed by atoms with Crippen molar-refractivity contribution < 1.29 is 9.47 Å². The molecule has 74 heavy (non-hydrogen) atoms. The Hall–Kier alpha value is -8.04. The summed E-state index contributed by atoms with van der Waals surface area (Å²) in [5.41, 5.74) is 18.9. The Morgan fingerprint density at radius 3 is 1.15 bits per heavy atom. The lowest BCUT2D eigenvalue weighted by Crippen LogP contribution is -2.15. The van der Waals surface area contributed by atoms with Crippen molar-refractivity contribution in [3.63, 3.8) is 0 Å². The van der Waals surface area contributed by atoms with Gasteiger partial charge in [-0.05, 0) is 104 Å². The van der Waals surface area contributed by atoms with Gasteiger partial charge in [-0.15, -0.1) is 0 Å². The second-order valence-corrected chi connectivity index (χ2v) is 19.7. The molecule has 364 valence electrons. The van der Waals surface area contributed by atoms with Gasteiger partial charge in [0.25, 0.3) is 0 Å². The Bertz CT molecular complexity index is 3500. The van der Waals surface area contributed by atoms with Crippen LogP contribution in [0.5, 0.6) is 11.5 Å². The Morgan fingerprint density at radius 2 is 0.730 bits per heavy atom. The van der Waals surface area contributed by atoms with Crippen LogP contribution in [-0.2, 0) is 11.4 Å². The molecule has 1 unspecified atom stereocenters. The number of hydrogen-bond acceptors (Lipinski definition) is 7. The number of nitrogens with zero attached hydrogens (tertiary/aromatic N) is 4. The molecule has 0 aliphatic carbocycles. The summed E-state index contributed by atoms with van der Waals surface area (Å²) in [4.78, 5) is 0. The van der Waals surface area contributed by atoms with Crippen molar-refractivity contribution in [1.29, 1.82) is 0 Å². The van der Waals surface area contributed by atoms with Crippen molar-refractivity contribution >= 4 is 56.6 Å². The van der Waals surface area contributed by atoms with Crippen LogP contribution in [0.4, 0.5) is 11.4 Å². The van der Waals surface area contributed by atoms with Crippen LogP contribution in [0.3, 0.4) is 0 Å². The average molecular weight is 1000 g/mol. The maximum absolute atomic E-state index is 6.13. The highest BCUT2D eigenvalue weighted by Crippen LogP contribution is 2.53. The van der Waals surface area contributed by atoms with Gasteiger partial charge in [-0.2, -0.15) is 17.5 Å². The average Bonchev–Trinajstić information content (AvgIpc) is 4.16. The van der Waals surface area contributed by atoms with Crippen LogP contribution in [0.15, 0.2) is 227 Å². The highest BCUT2D eigenvalue weighted by atomic mass is 32.1. The fourth-order valence-electron chi connectivity index (χ4n) is 10.2. The molecule has 9 aromatic carbocycles. The van der Waals surface area contributed by atoms with Crippen LogP contribution in [0.2, 0.25) is 0 Å². The summed E-state index contributed by atoms with van der Waals surface area (Å²) in [5.74, 6) is 1.82. The molecule has 0 amide bonds. The Labute approximate surface area is 442 Å². The lowest BCUT2D eigenvalue weighted by molar-refractivity contribution is 0.309. The van der Waals surface area contributed by atoms with Gasteiger partial charge in [-0.1, -0.05) is 221 Å². The Morgan fingerprint density at radius 1 is 0.392 bits per heavy atom. The molecule has 0 bridgehead atoms. The fraction of sp³-hybridized carbons (Fsp3) is 0.152. The van der Waals surface area contributed by atoms with Crippen LogP contribution in [0.25, 0.3) is 44.4 Å². The van der Waals surface area contributed by atoms with E-state index < -0.39 is 0 Å². The molecular formula is C66H56N4O2S2. The van der Waals surface area contributed by atoms with E-state index in [-0.39, 0.29) is 11.8 Å². The van der Waals surface area contributed by atoms with E-state index in [4.69, 9.17) is 26.9 Å². The van der Waals surface area contributed by atoms with E-state index in [2.05, 4.69) is 232 Å². The lowest BCUT2D eigenvalue weighted by Gasteiger charge is -2.30. The molecule has 2 heterocycles. The number of ether oxygens (including phenoxy) is 2. The zero-order chi connectivity index (χ0) is 50.1. The van der Waals surface area contributed by atoms with Crippen molar-refractivity contribution in [3.8, 4) is 33.8 Å². The molecular weight excluding hydrogens is 945 g/mol. The first kappa shape index (κ1) is 48.2. The van der Waals surface area contributed by atoms with Crippen LogP contribution >= 0.6 is 11.7 Å². The van der Waals surface area contributed by atoms with E-state index in [1.54, 1.807) is 0 Å². The Kier molecular flexibility index (Phi) is 14.9. The van der Waals surface area contributed by atoms with Crippen molar-refractivity contribution in [2.24, 2.45) is 8.73 Å². The van der Waals surface area contributed by atoms with Gasteiger partial charge >= 0.3 is 0 Å². The molecule has 6 nitrogen and oxygen atoms in total. The van der Waals surface area contributed by atoms with E-state index in [1.807, 2.05) is 0 Å². The highest BCUT2D eigenvalue weighted by Gasteiger charge is 2.30. The first-order valence-electron chi connectivity index (χ1n) is 25.7. The third kappa shape index (κ3) is 10.2. The van der Waals surface area contributed by atoms with Gasteiger partial charge in [0, 0.05) is 23.0 Å². The molecule has 1 aliphatic rings. The van der Waals surface area contributed by atoms with E-state index >= 15 is 0 Å². The minimum atomic E-state index is 0.00144. The second-order valence-electron chi connectivity index (χ2n) is 18.6. The number of benzene rings is 9. The second kappa shape index (κ2) is 22.8. The molecule has 0 saturated heterocycles. The minimum absolute atomic E-state index is 0.00144. The standard InChI is InChI=1S/C66H56N4O2S2/c1-3-5-43-71-55-39-35-51(36-40-55)59(57(45-19-11-7-12-20-45)46-21-13-8-14-22-46)49-27-31-53(32-28-49)61-63-65(69-73-67-63)62(66-64(61)68-74-70-66)54-33-29-50(30-34-54)60(52-37-41-56(42-38-52)72-44-6-4-2)58(47-23-15-9-16-24-47)48-25-17-10-18-26-48/h7-42,57,59H,3-6,43-44H2,1-2H3. The van der Waals surface area contributed by atoms with Crippen LogP contribution in [0, 0.1) is 0 Å². The molecule has 1 aromatic heterocycles. The molecule has 10 aromatic rings. The van der Waals surface area contributed by atoms with Gasteiger partial charge in [0.1, 0.15) is 33.9 Å². The normalized spacial score (nSPS) is 12.1. The molecule has 1 aliphatic heterocycles. The summed E-state index contributed by atoms with van der Waals surface area (Å²) in [7, 11) is 0. The number of rotatable bonds is 19. The van der Waals surface area contributed by atoms with E-state index in [9.17, 15) is 0 Å². The largest absolute Gasteiger partial charge is 0.494 e. The maximum atomic E-state index is 6.13. The van der Waals surface area contributed by atoms with Crippen molar-refractivity contribution in [2.45, 2.75) is 51.4 Å². The number of hydrogen-bond donors (Lipinski definition) is 0. The highest BCUT2D eigenvalue weighted by molar-refractivity contribution is 7.58. The summed E-state index contributed by atoms with van der Waals surface area (Å²) in [5, 5.41) is 0. The molecule has 0 spiro atoms. The van der Waals surface area contributed by atoms with Gasteiger partial charge in [0.05, 0.1) is 36.3 Å². The SMILES string of the molecule is CCCCOc1ccc(C(=C(c2ccccc2)c2ccccc2)c2ccc(-c3c4c(c(-c5ccc(C(c6ccc(OCCCC)cc6)C(c6ccccc6)c6ccccc6)cc5)c5nsnc35)N=S=N4)cc2)cc1. The Balaban J connectivity index is 0.991. The van der Waals surface area contributed by atoms with Crippen LogP contribution in [-0.4, -0.2) is 22.0 Å². The zero-order valence-electron chi connectivity index (χ0n) is 41.6. The van der Waals surface area contributed by atoms with Gasteiger partial charge < -0.3 is 9.47 Å². The molecule has 0 radical (unpaired) electrons. The summed E-state index contributed by atoms with van der Waals surface area (Å²) in [6, 6.07) is 78.3. The van der Waals surface area contributed by atoms with Gasteiger partial charge in [0.15, 0.2) is 0 Å². The molecule has 0 N–H and O–H groups in total. The van der Waals surface area contributed by atoms with E-state index in [0.29, 0.717) is 13.2 Å². The lowest BCUT2D eigenvalue weighted by atomic mass is 9.73. The molecule has 1 atom stereocenters. The number of aromatic nitrogens is 2. The molecule has 0 saturated carbocycles.